The van der Waals surface area contributed by atoms with Gasteiger partial charge in [0.1, 0.15) is 5.56 Å². The van der Waals surface area contributed by atoms with E-state index < -0.39 is 0 Å². The lowest BCUT2D eigenvalue weighted by atomic mass is 10.0. The molecule has 1 saturated heterocycles. The number of rotatable bonds is 8. The van der Waals surface area contributed by atoms with Crippen molar-refractivity contribution in [3.8, 4) is 11.5 Å². The number of carbonyl (C=O) groups is 1. The Kier molecular flexibility index (Phi) is 7.52. The van der Waals surface area contributed by atoms with Crippen LogP contribution in [0.4, 0.5) is 0 Å². The lowest BCUT2D eigenvalue weighted by molar-refractivity contribution is 0.0536. The molecule has 0 aliphatic carbocycles. The van der Waals surface area contributed by atoms with E-state index in [1.54, 1.807) is 31.9 Å². The van der Waals surface area contributed by atoms with Gasteiger partial charge in [0.25, 0.3) is 11.5 Å². The van der Waals surface area contributed by atoms with Gasteiger partial charge in [0.05, 0.1) is 20.8 Å². The van der Waals surface area contributed by atoms with Gasteiger partial charge in [-0.15, -0.1) is 0 Å². The largest absolute Gasteiger partial charge is 0.493 e. The molecule has 1 N–H and O–H groups in total. The van der Waals surface area contributed by atoms with Crippen molar-refractivity contribution in [1.82, 2.24) is 9.88 Å². The minimum Gasteiger partial charge on any atom is -0.493 e. The number of amides is 1. The van der Waals surface area contributed by atoms with E-state index in [4.69, 9.17) is 14.2 Å². The molecular formula is C23H30N2O5. The van der Waals surface area contributed by atoms with Gasteiger partial charge in [-0.2, -0.15) is 0 Å². The molecule has 2 aromatic rings. The molecule has 30 heavy (non-hydrogen) atoms. The van der Waals surface area contributed by atoms with E-state index in [0.717, 1.165) is 25.0 Å². The molecule has 162 valence electrons. The molecule has 1 aromatic carbocycles. The van der Waals surface area contributed by atoms with Crippen LogP contribution in [0.25, 0.3) is 0 Å². The van der Waals surface area contributed by atoms with Crippen molar-refractivity contribution in [3.63, 3.8) is 0 Å². The molecule has 1 unspecified atom stereocenters. The van der Waals surface area contributed by atoms with Gasteiger partial charge in [0, 0.05) is 25.9 Å². The van der Waals surface area contributed by atoms with Gasteiger partial charge in [0.15, 0.2) is 11.5 Å². The van der Waals surface area contributed by atoms with Gasteiger partial charge < -0.3 is 24.1 Å². The van der Waals surface area contributed by atoms with E-state index in [9.17, 15) is 9.59 Å². The molecule has 1 amide bonds. The summed E-state index contributed by atoms with van der Waals surface area (Å²) in [5.74, 6) is 1.30. The van der Waals surface area contributed by atoms with Crippen molar-refractivity contribution in [2.24, 2.45) is 5.92 Å². The fraction of sp³-hybridized carbons (Fsp3) is 0.478. The van der Waals surface area contributed by atoms with Crippen molar-refractivity contribution in [3.05, 3.63) is 57.5 Å². The smallest absolute Gasteiger partial charge is 0.263 e. The van der Waals surface area contributed by atoms with Crippen molar-refractivity contribution in [2.45, 2.75) is 32.7 Å². The van der Waals surface area contributed by atoms with Crippen LogP contribution in [0, 0.1) is 12.8 Å². The fourth-order valence-electron chi connectivity index (χ4n) is 3.70. The minimum atomic E-state index is -0.316. The summed E-state index contributed by atoms with van der Waals surface area (Å²) in [6.45, 7) is 4.22. The molecule has 0 bridgehead atoms. The quantitative estimate of drug-likeness (QED) is 0.718. The summed E-state index contributed by atoms with van der Waals surface area (Å²) in [4.78, 5) is 25.7. The average Bonchev–Trinajstić information content (AvgIpc) is 2.77. The first-order valence-corrected chi connectivity index (χ1v) is 10.3. The molecule has 0 spiro atoms. The summed E-state index contributed by atoms with van der Waals surface area (Å²) in [5.41, 5.74) is 1.64. The second-order valence-electron chi connectivity index (χ2n) is 7.60. The lowest BCUT2D eigenvalue weighted by Gasteiger charge is -2.22. The molecule has 1 aromatic heterocycles. The second kappa shape index (κ2) is 10.3. The third-order valence-electron chi connectivity index (χ3n) is 5.50. The van der Waals surface area contributed by atoms with Crippen molar-refractivity contribution in [2.75, 3.05) is 34.0 Å². The summed E-state index contributed by atoms with van der Waals surface area (Å²) in [7, 11) is 3.19. The van der Waals surface area contributed by atoms with Gasteiger partial charge in [-0.3, -0.25) is 9.59 Å². The zero-order valence-corrected chi connectivity index (χ0v) is 17.9. The second-order valence-corrected chi connectivity index (χ2v) is 7.60. The zero-order chi connectivity index (χ0) is 21.5. The summed E-state index contributed by atoms with van der Waals surface area (Å²) in [5, 5.41) is 2.92. The van der Waals surface area contributed by atoms with Crippen LogP contribution in [-0.2, 0) is 17.7 Å². The Morgan fingerprint density at radius 3 is 2.73 bits per heavy atom. The number of pyridine rings is 1. The highest BCUT2D eigenvalue weighted by Gasteiger charge is 2.19. The van der Waals surface area contributed by atoms with Crippen LogP contribution in [0.1, 0.15) is 34.3 Å². The van der Waals surface area contributed by atoms with E-state index in [-0.39, 0.29) is 17.0 Å². The Morgan fingerprint density at radius 2 is 2.03 bits per heavy atom. The van der Waals surface area contributed by atoms with Crippen molar-refractivity contribution < 1.29 is 19.0 Å². The van der Waals surface area contributed by atoms with Crippen LogP contribution in [0.3, 0.4) is 0 Å². The predicted molar refractivity (Wildman–Crippen MR) is 115 cm³/mol. The molecule has 2 heterocycles. The monoisotopic (exact) mass is 414 g/mol. The Bertz CT molecular complexity index is 932. The fourth-order valence-corrected chi connectivity index (χ4v) is 3.70. The number of aromatic nitrogens is 1. The molecule has 0 radical (unpaired) electrons. The van der Waals surface area contributed by atoms with E-state index in [1.807, 2.05) is 24.3 Å². The molecule has 1 aliphatic rings. The van der Waals surface area contributed by atoms with Crippen molar-refractivity contribution in [1.29, 1.82) is 0 Å². The third kappa shape index (κ3) is 5.21. The van der Waals surface area contributed by atoms with Crippen LogP contribution in [0.15, 0.2) is 35.3 Å². The molecule has 1 aliphatic heterocycles. The lowest BCUT2D eigenvalue weighted by Crippen LogP contribution is -2.38. The Balaban J connectivity index is 1.69. The third-order valence-corrected chi connectivity index (χ3v) is 5.50. The maximum atomic E-state index is 13.0. The van der Waals surface area contributed by atoms with Crippen molar-refractivity contribution >= 4 is 5.91 Å². The topological polar surface area (TPSA) is 78.8 Å². The highest BCUT2D eigenvalue weighted by molar-refractivity contribution is 5.95. The standard InChI is InChI=1S/C23H30N2O5/c1-16-8-10-25(11-9-17-6-7-19(28-2)20(13-17)29-3)23(27)21(16)22(26)24-14-18-5-4-12-30-15-18/h6-8,10,13,18H,4-5,9,11-12,14-15H2,1-3H3,(H,24,26). The first-order chi connectivity index (χ1) is 14.5. The summed E-state index contributed by atoms with van der Waals surface area (Å²) < 4.78 is 17.6. The Hall–Kier alpha value is -2.80. The van der Waals surface area contributed by atoms with Gasteiger partial charge >= 0.3 is 0 Å². The van der Waals surface area contributed by atoms with Crippen LogP contribution in [0.5, 0.6) is 11.5 Å². The highest BCUT2D eigenvalue weighted by atomic mass is 16.5. The number of hydrogen-bond acceptors (Lipinski definition) is 5. The number of benzene rings is 1. The summed E-state index contributed by atoms with van der Waals surface area (Å²) >= 11 is 0. The number of ether oxygens (including phenoxy) is 3. The molecular weight excluding hydrogens is 384 g/mol. The predicted octanol–water partition coefficient (Wildman–Crippen LogP) is 2.57. The van der Waals surface area contributed by atoms with Crippen LogP contribution in [-0.4, -0.2) is 44.5 Å². The normalized spacial score (nSPS) is 16.2. The maximum Gasteiger partial charge on any atom is 0.263 e. The van der Waals surface area contributed by atoms with Crippen LogP contribution >= 0.6 is 0 Å². The van der Waals surface area contributed by atoms with Gasteiger partial charge in [0.2, 0.25) is 0 Å². The number of hydrogen-bond donors (Lipinski definition) is 1. The molecule has 1 fully saturated rings. The average molecular weight is 415 g/mol. The van der Waals surface area contributed by atoms with E-state index >= 15 is 0 Å². The first-order valence-electron chi connectivity index (χ1n) is 10.3. The Morgan fingerprint density at radius 1 is 1.23 bits per heavy atom. The van der Waals surface area contributed by atoms with E-state index in [0.29, 0.717) is 49.1 Å². The number of carbonyl (C=O) groups excluding carboxylic acids is 1. The summed E-state index contributed by atoms with van der Waals surface area (Å²) in [6.07, 6.45) is 4.41. The van der Waals surface area contributed by atoms with E-state index in [2.05, 4.69) is 5.32 Å². The molecule has 3 rings (SSSR count). The van der Waals surface area contributed by atoms with Gasteiger partial charge in [-0.25, -0.2) is 0 Å². The Labute approximate surface area is 177 Å². The number of nitrogens with one attached hydrogen (secondary N) is 1. The van der Waals surface area contributed by atoms with Gasteiger partial charge in [-0.05, 0) is 61.4 Å². The minimum absolute atomic E-state index is 0.210. The van der Waals surface area contributed by atoms with E-state index in [1.165, 1.54) is 0 Å². The molecule has 0 saturated carbocycles. The molecule has 7 heteroatoms. The number of methoxy groups -OCH3 is 2. The highest BCUT2D eigenvalue weighted by Crippen LogP contribution is 2.27. The zero-order valence-electron chi connectivity index (χ0n) is 17.9. The molecule has 1 atom stereocenters. The van der Waals surface area contributed by atoms with Crippen LogP contribution < -0.4 is 20.3 Å². The SMILES string of the molecule is COc1ccc(CCn2ccc(C)c(C(=O)NCC3CCCOC3)c2=O)cc1OC. The number of aryl methyl sites for hydroxylation is 3. The summed E-state index contributed by atoms with van der Waals surface area (Å²) in [6, 6.07) is 7.51. The maximum absolute atomic E-state index is 13.0. The molecule has 7 nitrogen and oxygen atoms in total. The first kappa shape index (κ1) is 21.9. The van der Waals surface area contributed by atoms with Gasteiger partial charge in [-0.1, -0.05) is 6.07 Å². The number of nitrogens with zero attached hydrogens (tertiary/aromatic N) is 1. The van der Waals surface area contributed by atoms with Crippen LogP contribution in [0.2, 0.25) is 0 Å².